The first-order chi connectivity index (χ1) is 14.8. The summed E-state index contributed by atoms with van der Waals surface area (Å²) in [6.45, 7) is 3.50. The molecular formula is C22H36N4O4S. The van der Waals surface area contributed by atoms with Gasteiger partial charge in [0.1, 0.15) is 6.26 Å². The predicted octanol–water partition coefficient (Wildman–Crippen LogP) is 1.98. The van der Waals surface area contributed by atoms with Gasteiger partial charge in [0.25, 0.3) is 0 Å². The highest BCUT2D eigenvalue weighted by Gasteiger charge is 2.39. The number of methoxy groups -OCH3 is 1. The smallest absolute Gasteiger partial charge is 0.305 e. The van der Waals surface area contributed by atoms with Gasteiger partial charge in [0.2, 0.25) is 0 Å². The van der Waals surface area contributed by atoms with Crippen LogP contribution in [0, 0.1) is 17.8 Å². The lowest BCUT2D eigenvalue weighted by Gasteiger charge is -2.31. The minimum absolute atomic E-state index is 0.0239. The van der Waals surface area contributed by atoms with Crippen molar-refractivity contribution in [1.82, 2.24) is 9.31 Å². The van der Waals surface area contributed by atoms with Gasteiger partial charge in [-0.3, -0.25) is 14.6 Å². The number of hydrazine groups is 1. The molecule has 0 spiro atoms. The third-order valence-electron chi connectivity index (χ3n) is 6.05. The Morgan fingerprint density at radius 3 is 2.61 bits per heavy atom. The van der Waals surface area contributed by atoms with Crippen LogP contribution in [0.4, 0.5) is 0 Å². The molecule has 9 heteroatoms. The van der Waals surface area contributed by atoms with Crippen LogP contribution >= 0.6 is 0 Å². The lowest BCUT2D eigenvalue weighted by molar-refractivity contribution is -0.142. The number of carbonyl (C=O) groups is 2. The Morgan fingerprint density at radius 1 is 1.35 bits per heavy atom. The lowest BCUT2D eigenvalue weighted by atomic mass is 9.89. The maximum absolute atomic E-state index is 13.0. The van der Waals surface area contributed by atoms with Gasteiger partial charge in [0.15, 0.2) is 5.78 Å². The van der Waals surface area contributed by atoms with Crippen LogP contribution in [-0.2, 0) is 25.7 Å². The number of hydrogen-bond donors (Lipinski definition) is 2. The molecule has 1 aliphatic carbocycles. The zero-order chi connectivity index (χ0) is 23.0. The molecule has 2 fully saturated rings. The average molecular weight is 453 g/mol. The molecule has 2 rings (SSSR count). The van der Waals surface area contributed by atoms with Gasteiger partial charge in [0, 0.05) is 66.4 Å². The molecule has 4 N–H and O–H groups in total. The zero-order valence-corrected chi connectivity index (χ0v) is 19.6. The van der Waals surface area contributed by atoms with Crippen LogP contribution in [0.2, 0.25) is 0 Å². The first kappa shape index (κ1) is 25.5. The van der Waals surface area contributed by atoms with E-state index in [-0.39, 0.29) is 35.9 Å². The summed E-state index contributed by atoms with van der Waals surface area (Å²) in [4.78, 5) is 24.8. The van der Waals surface area contributed by atoms with Crippen molar-refractivity contribution < 1.29 is 18.9 Å². The fourth-order valence-corrected chi connectivity index (χ4v) is 4.98. The van der Waals surface area contributed by atoms with Gasteiger partial charge in [0.05, 0.1) is 7.11 Å². The summed E-state index contributed by atoms with van der Waals surface area (Å²) in [6, 6.07) is 0. The Kier molecular flexibility index (Phi) is 10.1. The molecule has 0 bridgehead atoms. The highest BCUT2D eigenvalue weighted by Crippen LogP contribution is 2.38. The van der Waals surface area contributed by atoms with E-state index in [4.69, 9.17) is 16.3 Å². The van der Waals surface area contributed by atoms with Gasteiger partial charge >= 0.3 is 5.97 Å². The van der Waals surface area contributed by atoms with Gasteiger partial charge in [-0.05, 0) is 38.0 Å². The van der Waals surface area contributed by atoms with E-state index in [1.165, 1.54) is 12.1 Å². The number of rotatable bonds is 9. The van der Waals surface area contributed by atoms with Crippen molar-refractivity contribution in [3.8, 4) is 0 Å². The van der Waals surface area contributed by atoms with Gasteiger partial charge in [-0.15, -0.1) is 4.31 Å². The molecule has 3 unspecified atom stereocenters. The maximum atomic E-state index is 13.0. The molecule has 1 saturated carbocycles. The van der Waals surface area contributed by atoms with E-state index in [9.17, 15) is 14.1 Å². The topological polar surface area (TPSA) is 125 Å². The van der Waals surface area contributed by atoms with Crippen molar-refractivity contribution in [3.63, 3.8) is 0 Å². The van der Waals surface area contributed by atoms with Crippen LogP contribution in [-0.4, -0.2) is 52.1 Å². The van der Waals surface area contributed by atoms with Gasteiger partial charge in [-0.2, -0.15) is 0 Å². The fourth-order valence-electron chi connectivity index (χ4n) is 4.26. The van der Waals surface area contributed by atoms with Crippen molar-refractivity contribution in [1.29, 1.82) is 0 Å². The van der Waals surface area contributed by atoms with Crippen LogP contribution in [0.1, 0.15) is 45.4 Å². The Hall–Kier alpha value is -1.81. The van der Waals surface area contributed by atoms with E-state index in [0.29, 0.717) is 24.1 Å². The summed E-state index contributed by atoms with van der Waals surface area (Å²) in [5, 5.41) is 1.35. The molecular weight excluding hydrogens is 416 g/mol. The molecule has 8 nitrogen and oxygen atoms in total. The number of esters is 1. The molecule has 0 radical (unpaired) electrons. The number of carbonyl (C=O) groups excluding carboxylic acids is 2. The first-order valence-electron chi connectivity index (χ1n) is 10.8. The highest BCUT2D eigenvalue weighted by atomic mass is 32.2. The van der Waals surface area contributed by atoms with E-state index in [0.717, 1.165) is 32.4 Å². The van der Waals surface area contributed by atoms with E-state index >= 15 is 0 Å². The van der Waals surface area contributed by atoms with E-state index in [1.54, 1.807) is 18.7 Å². The highest BCUT2D eigenvalue weighted by molar-refractivity contribution is 7.88. The Balaban J connectivity index is 2.06. The van der Waals surface area contributed by atoms with Gasteiger partial charge in [-0.25, -0.2) is 5.84 Å². The molecule has 3 atom stereocenters. The standard InChI is InChI=1S/C22H36N4O4S/c1-4-5-6-7-19-17(13-21(27)30-2)12-18(22(19)28)14-25(24)15-20(23)16-8-10-26(11-9-16)31(3)29/h5-6,14-17,19H,4,7-13,23-24H2,1-3H3/b6-5+,18-14-,20-15-. The summed E-state index contributed by atoms with van der Waals surface area (Å²) >= 11 is -0.961. The molecule has 31 heavy (non-hydrogen) atoms. The molecule has 0 aromatic heterocycles. The second-order valence-corrected chi connectivity index (χ2v) is 9.55. The summed E-state index contributed by atoms with van der Waals surface area (Å²) in [5.74, 6) is 5.66. The monoisotopic (exact) mass is 452 g/mol. The number of hydrogen-bond acceptors (Lipinski definition) is 8. The first-order valence-corrected chi connectivity index (χ1v) is 12.3. The van der Waals surface area contributed by atoms with E-state index in [2.05, 4.69) is 0 Å². The van der Waals surface area contributed by atoms with Crippen molar-refractivity contribution in [2.75, 3.05) is 26.5 Å². The molecule has 0 aromatic carbocycles. The summed E-state index contributed by atoms with van der Waals surface area (Å²) < 4.78 is 18.3. The predicted molar refractivity (Wildman–Crippen MR) is 122 cm³/mol. The molecule has 174 valence electrons. The van der Waals surface area contributed by atoms with E-state index < -0.39 is 11.4 Å². The van der Waals surface area contributed by atoms with Gasteiger partial charge in [-0.1, -0.05) is 19.1 Å². The second-order valence-electron chi connectivity index (χ2n) is 8.19. The number of ether oxygens (including phenoxy) is 1. The number of piperidine rings is 1. The number of Topliss-reactive ketones (excluding diaryl/α,β-unsaturated/α-hetero) is 1. The normalized spacial score (nSPS) is 26.0. The van der Waals surface area contributed by atoms with Crippen molar-refractivity contribution in [2.45, 2.75) is 45.4 Å². The SMILES string of the molecule is CC/C=C/CC1C(=O)/C(=C\N(N)/C=C(\N)C2CCN([S+](C)[O-])CC2)CC1CC(=O)OC. The molecule has 0 aromatic rings. The molecule has 1 aliphatic heterocycles. The summed E-state index contributed by atoms with van der Waals surface area (Å²) in [7, 11) is 1.36. The van der Waals surface area contributed by atoms with Crippen LogP contribution < -0.4 is 11.6 Å². The lowest BCUT2D eigenvalue weighted by Crippen LogP contribution is -2.39. The molecule has 2 aliphatic rings. The minimum atomic E-state index is -0.961. The number of ketones is 1. The zero-order valence-electron chi connectivity index (χ0n) is 18.8. The number of allylic oxidation sites excluding steroid dienone is 4. The van der Waals surface area contributed by atoms with Crippen LogP contribution in [0.5, 0.6) is 0 Å². The third kappa shape index (κ3) is 7.38. The molecule has 1 heterocycles. The third-order valence-corrected chi connectivity index (χ3v) is 7.14. The van der Waals surface area contributed by atoms with Crippen molar-refractivity contribution in [2.24, 2.45) is 29.3 Å². The average Bonchev–Trinajstić information content (AvgIpc) is 3.02. The Bertz CT molecular complexity index is 714. The maximum Gasteiger partial charge on any atom is 0.305 e. The Morgan fingerprint density at radius 2 is 2.03 bits per heavy atom. The van der Waals surface area contributed by atoms with Crippen molar-refractivity contribution in [3.05, 3.63) is 35.8 Å². The van der Waals surface area contributed by atoms with Crippen LogP contribution in [0.25, 0.3) is 0 Å². The van der Waals surface area contributed by atoms with E-state index in [1.807, 2.05) is 23.4 Å². The second kappa shape index (κ2) is 12.3. The number of nitrogens with zero attached hydrogens (tertiary/aromatic N) is 2. The Labute approximate surface area is 188 Å². The van der Waals surface area contributed by atoms with Gasteiger partial charge < -0.3 is 15.0 Å². The fraction of sp³-hybridized carbons (Fsp3) is 0.636. The number of nitrogens with two attached hydrogens (primary N) is 2. The molecule has 1 saturated heterocycles. The minimum Gasteiger partial charge on any atom is -0.598 e. The quantitative estimate of drug-likeness (QED) is 0.136. The van der Waals surface area contributed by atoms with Crippen LogP contribution in [0.3, 0.4) is 0 Å². The van der Waals surface area contributed by atoms with Crippen molar-refractivity contribution >= 4 is 23.1 Å². The largest absolute Gasteiger partial charge is 0.598 e. The molecule has 0 amide bonds. The summed E-state index contributed by atoms with van der Waals surface area (Å²) in [5.41, 5.74) is 7.52. The van der Waals surface area contributed by atoms with Crippen LogP contribution in [0.15, 0.2) is 35.8 Å². The summed E-state index contributed by atoms with van der Waals surface area (Å²) in [6.07, 6.45) is 12.8.